The van der Waals surface area contributed by atoms with Gasteiger partial charge in [0, 0.05) is 11.5 Å². The summed E-state index contributed by atoms with van der Waals surface area (Å²) in [5.41, 5.74) is 6.97. The number of amides is 1. The predicted molar refractivity (Wildman–Crippen MR) is 88.7 cm³/mol. The minimum Gasteiger partial charge on any atom is -0.495 e. The van der Waals surface area contributed by atoms with E-state index in [4.69, 9.17) is 22.7 Å². The number of methoxy groups -OCH3 is 1. The molecule has 0 saturated heterocycles. The van der Waals surface area contributed by atoms with E-state index >= 15 is 0 Å². The van der Waals surface area contributed by atoms with Crippen LogP contribution in [0.4, 0.5) is 5.69 Å². The van der Waals surface area contributed by atoms with Gasteiger partial charge in [-0.25, -0.2) is 0 Å². The first-order valence-corrected chi connectivity index (χ1v) is 7.82. The van der Waals surface area contributed by atoms with Crippen molar-refractivity contribution < 1.29 is 9.53 Å². The number of nitrogens with two attached hydrogens (primary N) is 1. The average Bonchev–Trinajstić information content (AvgIpc) is 2.76. The molecule has 1 aliphatic carbocycles. The molecule has 21 heavy (non-hydrogen) atoms. The highest BCUT2D eigenvalue weighted by Crippen LogP contribution is 2.30. The summed E-state index contributed by atoms with van der Waals surface area (Å²) in [4.78, 5) is 12.8. The number of hydrogen-bond acceptors (Lipinski definition) is 3. The third kappa shape index (κ3) is 3.94. The molecule has 1 aliphatic rings. The first kappa shape index (κ1) is 15.8. The Bertz CT molecular complexity index is 523. The Kier molecular flexibility index (Phi) is 5.56. The lowest BCUT2D eigenvalue weighted by molar-refractivity contribution is -0.120. The molecule has 0 unspecified atom stereocenters. The second kappa shape index (κ2) is 7.41. The summed E-state index contributed by atoms with van der Waals surface area (Å²) < 4.78 is 5.32. The number of hydrogen-bond donors (Lipinski definition) is 2. The molecule has 5 heteroatoms. The second-order valence-electron chi connectivity index (χ2n) is 5.42. The molecule has 0 atom stereocenters. The quantitative estimate of drug-likeness (QED) is 0.662. The molecule has 0 radical (unpaired) electrons. The predicted octanol–water partition coefficient (Wildman–Crippen LogP) is 3.24. The number of carbonyl (C=O) groups excluding carboxylic acids is 1. The maximum Gasteiger partial charge on any atom is 0.227 e. The zero-order valence-corrected chi connectivity index (χ0v) is 13.2. The van der Waals surface area contributed by atoms with Gasteiger partial charge in [0.15, 0.2) is 0 Å². The van der Waals surface area contributed by atoms with E-state index < -0.39 is 0 Å². The number of carbonyl (C=O) groups is 1. The molecule has 1 aromatic rings. The molecule has 0 heterocycles. The lowest BCUT2D eigenvalue weighted by Gasteiger charge is -2.18. The summed E-state index contributed by atoms with van der Waals surface area (Å²) in [5, 5.41) is 2.98. The normalized spacial score (nSPS) is 16.0. The summed E-state index contributed by atoms with van der Waals surface area (Å²) >= 11 is 5.06. The summed E-state index contributed by atoms with van der Waals surface area (Å²) in [6.45, 7) is 0. The zero-order valence-electron chi connectivity index (χ0n) is 12.4. The topological polar surface area (TPSA) is 64.3 Å². The van der Waals surface area contributed by atoms with Gasteiger partial charge in [0.25, 0.3) is 0 Å². The van der Waals surface area contributed by atoms with Crippen LogP contribution in [0.5, 0.6) is 5.75 Å². The van der Waals surface area contributed by atoms with Crippen LogP contribution >= 0.6 is 12.2 Å². The van der Waals surface area contributed by atoms with Crippen molar-refractivity contribution in [2.45, 2.75) is 38.5 Å². The van der Waals surface area contributed by atoms with Gasteiger partial charge in [0.2, 0.25) is 5.91 Å². The smallest absolute Gasteiger partial charge is 0.227 e. The Morgan fingerprint density at radius 3 is 2.52 bits per heavy atom. The molecule has 0 bridgehead atoms. The highest BCUT2D eigenvalue weighted by molar-refractivity contribution is 7.80. The van der Waals surface area contributed by atoms with Gasteiger partial charge in [-0.2, -0.15) is 0 Å². The van der Waals surface area contributed by atoms with E-state index in [1.54, 1.807) is 19.2 Å². The van der Waals surface area contributed by atoms with Crippen LogP contribution in [0.25, 0.3) is 0 Å². The molecule has 114 valence electrons. The Morgan fingerprint density at radius 1 is 1.29 bits per heavy atom. The molecule has 0 aromatic heterocycles. The van der Waals surface area contributed by atoms with Crippen molar-refractivity contribution in [3.63, 3.8) is 0 Å². The molecule has 2 rings (SSSR count). The van der Waals surface area contributed by atoms with Gasteiger partial charge in [0.1, 0.15) is 10.7 Å². The van der Waals surface area contributed by atoms with Crippen LogP contribution in [-0.2, 0) is 4.79 Å². The number of rotatable bonds is 4. The fourth-order valence-corrected chi connectivity index (χ4v) is 2.97. The van der Waals surface area contributed by atoms with E-state index in [1.165, 1.54) is 12.8 Å². The highest BCUT2D eigenvalue weighted by atomic mass is 32.1. The van der Waals surface area contributed by atoms with Crippen LogP contribution in [-0.4, -0.2) is 18.0 Å². The monoisotopic (exact) mass is 306 g/mol. The van der Waals surface area contributed by atoms with Crippen molar-refractivity contribution >= 4 is 28.8 Å². The first-order valence-electron chi connectivity index (χ1n) is 7.41. The van der Waals surface area contributed by atoms with Crippen LogP contribution in [0.15, 0.2) is 18.2 Å². The van der Waals surface area contributed by atoms with Gasteiger partial charge in [-0.3, -0.25) is 4.79 Å². The Labute approximate surface area is 131 Å². The van der Waals surface area contributed by atoms with Gasteiger partial charge in [-0.05, 0) is 25.0 Å². The summed E-state index contributed by atoms with van der Waals surface area (Å²) in [5.74, 6) is 0.692. The third-order valence-corrected chi connectivity index (χ3v) is 4.21. The molecule has 1 fully saturated rings. The molecule has 1 aromatic carbocycles. The summed E-state index contributed by atoms with van der Waals surface area (Å²) in [7, 11) is 1.57. The number of anilines is 1. The Balaban J connectivity index is 2.21. The van der Waals surface area contributed by atoms with E-state index in [0.717, 1.165) is 25.7 Å². The van der Waals surface area contributed by atoms with Crippen LogP contribution < -0.4 is 15.8 Å². The minimum atomic E-state index is 0.0406. The molecule has 1 saturated carbocycles. The maximum absolute atomic E-state index is 12.5. The van der Waals surface area contributed by atoms with Crippen LogP contribution in [0.2, 0.25) is 0 Å². The van der Waals surface area contributed by atoms with Gasteiger partial charge in [-0.1, -0.05) is 44.0 Å². The van der Waals surface area contributed by atoms with E-state index in [1.807, 2.05) is 6.07 Å². The molecule has 0 aliphatic heterocycles. The van der Waals surface area contributed by atoms with Crippen molar-refractivity contribution in [3.05, 3.63) is 23.8 Å². The molecule has 0 spiro atoms. The second-order valence-corrected chi connectivity index (χ2v) is 5.86. The van der Waals surface area contributed by atoms with Crippen molar-refractivity contribution in [1.82, 2.24) is 0 Å². The van der Waals surface area contributed by atoms with E-state index in [0.29, 0.717) is 17.0 Å². The highest BCUT2D eigenvalue weighted by Gasteiger charge is 2.22. The first-order chi connectivity index (χ1) is 10.1. The van der Waals surface area contributed by atoms with Crippen LogP contribution in [0.3, 0.4) is 0 Å². The number of para-hydroxylation sites is 1. The fourth-order valence-electron chi connectivity index (χ4n) is 2.80. The maximum atomic E-state index is 12.5. The largest absolute Gasteiger partial charge is 0.495 e. The van der Waals surface area contributed by atoms with Crippen molar-refractivity contribution in [2.24, 2.45) is 11.7 Å². The fraction of sp³-hybridized carbons (Fsp3) is 0.500. The molecule has 1 amide bonds. The van der Waals surface area contributed by atoms with E-state index in [9.17, 15) is 4.79 Å². The van der Waals surface area contributed by atoms with E-state index in [-0.39, 0.29) is 16.8 Å². The van der Waals surface area contributed by atoms with Gasteiger partial charge in [0.05, 0.1) is 12.8 Å². The Hall–Kier alpha value is -1.62. The van der Waals surface area contributed by atoms with Crippen molar-refractivity contribution in [2.75, 3.05) is 12.4 Å². The minimum absolute atomic E-state index is 0.0406. The van der Waals surface area contributed by atoms with Crippen molar-refractivity contribution in [3.8, 4) is 5.75 Å². The SMILES string of the molecule is COc1cccc(C(N)=S)c1NC(=O)C1CCCCCC1. The average molecular weight is 306 g/mol. The Morgan fingerprint density at radius 2 is 1.95 bits per heavy atom. The van der Waals surface area contributed by atoms with E-state index in [2.05, 4.69) is 5.32 Å². The van der Waals surface area contributed by atoms with Crippen molar-refractivity contribution in [1.29, 1.82) is 0 Å². The van der Waals surface area contributed by atoms with Gasteiger partial charge in [-0.15, -0.1) is 0 Å². The lowest BCUT2D eigenvalue weighted by atomic mass is 9.99. The molecule has 3 N–H and O–H groups in total. The summed E-state index contributed by atoms with van der Waals surface area (Å²) in [6, 6.07) is 5.41. The third-order valence-electron chi connectivity index (χ3n) is 3.99. The zero-order chi connectivity index (χ0) is 15.2. The number of thiocarbonyl (C=S) groups is 1. The van der Waals surface area contributed by atoms with Gasteiger partial charge < -0.3 is 15.8 Å². The number of nitrogens with one attached hydrogen (secondary N) is 1. The van der Waals surface area contributed by atoms with Crippen LogP contribution in [0, 0.1) is 5.92 Å². The molecular weight excluding hydrogens is 284 g/mol. The molecular formula is C16H22N2O2S. The number of ether oxygens (including phenoxy) is 1. The molecule has 4 nitrogen and oxygen atoms in total. The summed E-state index contributed by atoms with van der Waals surface area (Å²) in [6.07, 6.45) is 6.57. The standard InChI is InChI=1S/C16H22N2O2S/c1-20-13-10-6-9-12(15(17)21)14(13)18-16(19)11-7-4-2-3-5-8-11/h6,9-11H,2-5,7-8H2,1H3,(H2,17,21)(H,18,19). The number of benzene rings is 1. The lowest BCUT2D eigenvalue weighted by Crippen LogP contribution is -2.24. The van der Waals surface area contributed by atoms with Gasteiger partial charge >= 0.3 is 0 Å². The van der Waals surface area contributed by atoms with Crippen LogP contribution in [0.1, 0.15) is 44.1 Å².